The van der Waals surface area contributed by atoms with Crippen molar-refractivity contribution in [2.45, 2.75) is 12.6 Å². The van der Waals surface area contributed by atoms with Crippen LogP contribution in [0.2, 0.25) is 0 Å². The van der Waals surface area contributed by atoms with Gasteiger partial charge in [-0.15, -0.1) is 0 Å². The highest BCUT2D eigenvalue weighted by molar-refractivity contribution is 5.82. The third-order valence-electron chi connectivity index (χ3n) is 3.59. The number of hydrogen-bond donors (Lipinski definition) is 0. The fourth-order valence-electron chi connectivity index (χ4n) is 2.40. The fraction of sp³-hybridized carbons (Fsp3) is 0.353. The summed E-state index contributed by atoms with van der Waals surface area (Å²) in [6.07, 6.45) is 0.918. The van der Waals surface area contributed by atoms with Gasteiger partial charge in [-0.25, -0.2) is 0 Å². The van der Waals surface area contributed by atoms with Crippen LogP contribution in [0.25, 0.3) is 0 Å². The molecule has 1 atom stereocenters. The lowest BCUT2D eigenvalue weighted by Gasteiger charge is -2.30. The third kappa shape index (κ3) is 3.65. The van der Waals surface area contributed by atoms with Crippen LogP contribution in [0.15, 0.2) is 47.1 Å². The van der Waals surface area contributed by atoms with E-state index in [9.17, 15) is 4.79 Å². The molecule has 0 saturated carbocycles. The van der Waals surface area contributed by atoms with Gasteiger partial charge >= 0.3 is 0 Å². The first-order valence-corrected chi connectivity index (χ1v) is 7.46. The quantitative estimate of drug-likeness (QED) is 0.816. The number of furan rings is 1. The minimum absolute atomic E-state index is 0.145. The lowest BCUT2D eigenvalue weighted by molar-refractivity contribution is -0.142. The molecule has 0 fully saturated rings. The van der Waals surface area contributed by atoms with Crippen molar-refractivity contribution >= 4 is 5.91 Å². The van der Waals surface area contributed by atoms with E-state index in [1.165, 1.54) is 0 Å². The monoisotopic (exact) mass is 317 g/mol. The van der Waals surface area contributed by atoms with Gasteiger partial charge in [0.15, 0.2) is 11.5 Å². The fourth-order valence-corrected chi connectivity index (χ4v) is 2.40. The second kappa shape index (κ2) is 7.19. The molecule has 0 N–H and O–H groups in total. The predicted molar refractivity (Wildman–Crippen MR) is 82.4 cm³/mol. The van der Waals surface area contributed by atoms with Crippen molar-refractivity contribution < 1.29 is 23.4 Å². The highest BCUT2D eigenvalue weighted by atomic mass is 16.6. The Morgan fingerprint density at radius 1 is 1.26 bits per heavy atom. The van der Waals surface area contributed by atoms with Gasteiger partial charge in [-0.2, -0.15) is 0 Å². The first-order chi connectivity index (χ1) is 11.3. The van der Waals surface area contributed by atoms with E-state index in [0.29, 0.717) is 37.0 Å². The summed E-state index contributed by atoms with van der Waals surface area (Å²) >= 11 is 0. The van der Waals surface area contributed by atoms with Crippen LogP contribution in [0.1, 0.15) is 5.76 Å². The number of carbonyl (C=O) groups is 1. The Hall–Kier alpha value is -2.47. The molecule has 23 heavy (non-hydrogen) atoms. The van der Waals surface area contributed by atoms with E-state index in [1.54, 1.807) is 30.4 Å². The number of fused-ring (bicyclic) bond motifs is 1. The maximum atomic E-state index is 12.8. The summed E-state index contributed by atoms with van der Waals surface area (Å²) in [6, 6.07) is 11.0. The zero-order chi connectivity index (χ0) is 16.1. The Balaban J connectivity index is 1.70. The Labute approximate surface area is 134 Å². The summed E-state index contributed by atoms with van der Waals surface area (Å²) in [5, 5.41) is 0. The van der Waals surface area contributed by atoms with Crippen molar-refractivity contribution in [3.05, 3.63) is 48.4 Å². The molecule has 2 heterocycles. The predicted octanol–water partition coefficient (Wildman–Crippen LogP) is 2.09. The molecular weight excluding hydrogens is 298 g/mol. The summed E-state index contributed by atoms with van der Waals surface area (Å²) in [6.45, 7) is 1.46. The largest absolute Gasteiger partial charge is 0.485 e. The van der Waals surface area contributed by atoms with Gasteiger partial charge in [-0.3, -0.25) is 4.79 Å². The molecule has 2 aromatic rings. The number of rotatable bonds is 6. The molecule has 1 aromatic carbocycles. The van der Waals surface area contributed by atoms with Crippen molar-refractivity contribution in [3.8, 4) is 11.5 Å². The topological polar surface area (TPSA) is 61.1 Å². The third-order valence-corrected chi connectivity index (χ3v) is 3.59. The molecule has 1 unspecified atom stereocenters. The highest BCUT2D eigenvalue weighted by Gasteiger charge is 2.31. The van der Waals surface area contributed by atoms with Crippen molar-refractivity contribution in [1.82, 2.24) is 4.90 Å². The lowest BCUT2D eigenvalue weighted by atomic mass is 10.2. The Morgan fingerprint density at radius 2 is 2.09 bits per heavy atom. The van der Waals surface area contributed by atoms with Crippen molar-refractivity contribution in [3.63, 3.8) is 0 Å². The van der Waals surface area contributed by atoms with Crippen molar-refractivity contribution in [2.75, 3.05) is 26.9 Å². The smallest absolute Gasteiger partial charge is 0.267 e. The van der Waals surface area contributed by atoms with E-state index in [4.69, 9.17) is 18.6 Å². The first-order valence-electron chi connectivity index (χ1n) is 7.46. The van der Waals surface area contributed by atoms with Gasteiger partial charge in [0.05, 0.1) is 19.4 Å². The van der Waals surface area contributed by atoms with Crippen LogP contribution >= 0.6 is 0 Å². The average Bonchev–Trinajstić information content (AvgIpc) is 3.10. The van der Waals surface area contributed by atoms with E-state index in [1.807, 2.05) is 24.3 Å². The summed E-state index contributed by atoms with van der Waals surface area (Å²) < 4.78 is 21.8. The molecule has 1 aliphatic rings. The number of methoxy groups -OCH3 is 1. The number of amides is 1. The van der Waals surface area contributed by atoms with Crippen molar-refractivity contribution in [1.29, 1.82) is 0 Å². The van der Waals surface area contributed by atoms with E-state index >= 15 is 0 Å². The molecule has 0 aliphatic carbocycles. The molecule has 3 rings (SSSR count). The second-order valence-electron chi connectivity index (χ2n) is 5.20. The standard InChI is InChI=1S/C17H19NO5/c1-20-10-8-18(11-13-5-4-9-21-13)17(19)16-12-22-14-6-2-3-7-15(14)23-16/h2-7,9,16H,8,10-12H2,1H3. The molecule has 6 heteroatoms. The molecule has 122 valence electrons. The molecule has 0 radical (unpaired) electrons. The van der Waals surface area contributed by atoms with Crippen LogP contribution in [0.3, 0.4) is 0 Å². The van der Waals surface area contributed by atoms with Crippen LogP contribution < -0.4 is 9.47 Å². The summed E-state index contributed by atoms with van der Waals surface area (Å²) in [5.74, 6) is 1.81. The van der Waals surface area contributed by atoms with E-state index in [2.05, 4.69) is 0 Å². The average molecular weight is 317 g/mol. The highest BCUT2D eigenvalue weighted by Crippen LogP contribution is 2.31. The zero-order valence-electron chi connectivity index (χ0n) is 12.9. The molecule has 1 aromatic heterocycles. The van der Waals surface area contributed by atoms with Crippen molar-refractivity contribution in [2.24, 2.45) is 0 Å². The van der Waals surface area contributed by atoms with Crippen LogP contribution in [-0.2, 0) is 16.1 Å². The van der Waals surface area contributed by atoms with Gasteiger partial charge in [0.2, 0.25) is 6.10 Å². The Bertz CT molecular complexity index is 640. The Kier molecular flexibility index (Phi) is 4.83. The number of ether oxygens (including phenoxy) is 3. The molecule has 1 aliphatic heterocycles. The van der Waals surface area contributed by atoms with E-state index < -0.39 is 6.10 Å². The minimum Gasteiger partial charge on any atom is -0.485 e. The molecule has 0 saturated heterocycles. The van der Waals surface area contributed by atoms with Gasteiger partial charge in [0.25, 0.3) is 5.91 Å². The van der Waals surface area contributed by atoms with Crippen LogP contribution in [0.5, 0.6) is 11.5 Å². The summed E-state index contributed by atoms with van der Waals surface area (Å²) in [5.41, 5.74) is 0. The molecule has 0 spiro atoms. The zero-order valence-corrected chi connectivity index (χ0v) is 12.9. The number of hydrogen-bond acceptors (Lipinski definition) is 5. The Morgan fingerprint density at radius 3 is 2.83 bits per heavy atom. The van der Waals surface area contributed by atoms with Gasteiger partial charge < -0.3 is 23.5 Å². The number of carbonyl (C=O) groups excluding carboxylic acids is 1. The molecule has 1 amide bonds. The molecule has 0 bridgehead atoms. The number of nitrogens with zero attached hydrogens (tertiary/aromatic N) is 1. The van der Waals surface area contributed by atoms with E-state index in [-0.39, 0.29) is 12.5 Å². The first kappa shape index (κ1) is 15.4. The number of para-hydroxylation sites is 2. The van der Waals surface area contributed by atoms with Crippen LogP contribution in [0, 0.1) is 0 Å². The maximum Gasteiger partial charge on any atom is 0.267 e. The van der Waals surface area contributed by atoms with Crippen LogP contribution in [-0.4, -0.2) is 43.8 Å². The minimum atomic E-state index is -0.670. The lowest BCUT2D eigenvalue weighted by Crippen LogP contribution is -2.47. The van der Waals surface area contributed by atoms with Crippen LogP contribution in [0.4, 0.5) is 0 Å². The van der Waals surface area contributed by atoms with E-state index in [0.717, 1.165) is 0 Å². The second-order valence-corrected chi connectivity index (χ2v) is 5.20. The summed E-state index contributed by atoms with van der Waals surface area (Å²) in [7, 11) is 1.60. The number of benzene rings is 1. The van der Waals surface area contributed by atoms with Gasteiger partial charge in [0.1, 0.15) is 12.4 Å². The van der Waals surface area contributed by atoms with Gasteiger partial charge in [0, 0.05) is 13.7 Å². The molecular formula is C17H19NO5. The summed E-state index contributed by atoms with van der Waals surface area (Å²) in [4.78, 5) is 14.4. The SMILES string of the molecule is COCCN(Cc1ccco1)C(=O)C1COc2ccccc2O1. The molecule has 6 nitrogen and oxygen atoms in total. The maximum absolute atomic E-state index is 12.8. The normalized spacial score (nSPS) is 16.1. The van der Waals surface area contributed by atoms with Gasteiger partial charge in [-0.1, -0.05) is 12.1 Å². The van der Waals surface area contributed by atoms with Gasteiger partial charge in [-0.05, 0) is 24.3 Å².